The number of hydrogen-bond acceptors (Lipinski definition) is 4. The van der Waals surface area contributed by atoms with E-state index in [0.717, 1.165) is 23.5 Å². The highest BCUT2D eigenvalue weighted by molar-refractivity contribution is 5.75. The van der Waals surface area contributed by atoms with Gasteiger partial charge in [0, 0.05) is 17.4 Å². The number of ether oxygens (including phenoxy) is 3. The lowest BCUT2D eigenvalue weighted by molar-refractivity contribution is -0.119. The fourth-order valence-corrected chi connectivity index (χ4v) is 2.43. The Hall–Kier alpha value is -1.55. The molecule has 1 aliphatic rings. The smallest absolute Gasteiger partial charge is 0.129 e. The van der Waals surface area contributed by atoms with Crippen LogP contribution in [0.25, 0.3) is 0 Å². The van der Waals surface area contributed by atoms with Crippen LogP contribution < -0.4 is 9.47 Å². The van der Waals surface area contributed by atoms with E-state index in [1.54, 1.807) is 21.1 Å². The summed E-state index contributed by atoms with van der Waals surface area (Å²) in [7, 11) is 3.30. The summed E-state index contributed by atoms with van der Waals surface area (Å²) < 4.78 is 16.1. The minimum Gasteiger partial charge on any atom is -0.497 e. The van der Waals surface area contributed by atoms with Gasteiger partial charge in [-0.3, -0.25) is 0 Å². The molecule has 1 aromatic carbocycles. The Bertz CT molecular complexity index is 463. The third-order valence-corrected chi connectivity index (χ3v) is 3.69. The third-order valence-electron chi connectivity index (χ3n) is 3.69. The van der Waals surface area contributed by atoms with Gasteiger partial charge in [-0.1, -0.05) is 0 Å². The largest absolute Gasteiger partial charge is 0.497 e. The van der Waals surface area contributed by atoms with Crippen molar-refractivity contribution in [1.29, 1.82) is 0 Å². The fraction of sp³-hybridized carbons (Fsp3) is 0.533. The highest BCUT2D eigenvalue weighted by Crippen LogP contribution is 2.43. The summed E-state index contributed by atoms with van der Waals surface area (Å²) in [4.78, 5) is 11.2. The minimum absolute atomic E-state index is 0.119. The van der Waals surface area contributed by atoms with Crippen LogP contribution in [0.5, 0.6) is 11.5 Å². The Morgan fingerprint density at radius 2 is 2.05 bits per heavy atom. The average Bonchev–Trinajstić information content (AvgIpc) is 2.37. The van der Waals surface area contributed by atoms with Crippen molar-refractivity contribution in [2.75, 3.05) is 27.4 Å². The van der Waals surface area contributed by atoms with E-state index >= 15 is 0 Å². The van der Waals surface area contributed by atoms with E-state index in [2.05, 4.69) is 0 Å². The Morgan fingerprint density at radius 1 is 1.32 bits per heavy atom. The summed E-state index contributed by atoms with van der Waals surface area (Å²) >= 11 is 0. The molecule has 1 fully saturated rings. The van der Waals surface area contributed by atoms with Gasteiger partial charge in [0.05, 0.1) is 27.4 Å². The molecule has 0 atom stereocenters. The van der Waals surface area contributed by atoms with Crippen LogP contribution in [-0.4, -0.2) is 33.2 Å². The molecule has 1 aromatic rings. The summed E-state index contributed by atoms with van der Waals surface area (Å²) in [5, 5.41) is 0. The van der Waals surface area contributed by atoms with E-state index in [4.69, 9.17) is 14.2 Å². The van der Waals surface area contributed by atoms with Crippen LogP contribution in [0.3, 0.4) is 0 Å². The quantitative estimate of drug-likeness (QED) is 0.791. The van der Waals surface area contributed by atoms with E-state index in [1.165, 1.54) is 0 Å². The Balaban J connectivity index is 2.33. The molecule has 4 nitrogen and oxygen atoms in total. The SMILES string of the molecule is COc1ccc(OC)c(C2(CCC(C)=O)COC2)c1. The second-order valence-electron chi connectivity index (χ2n) is 5.04. The topological polar surface area (TPSA) is 44.8 Å². The number of carbonyl (C=O) groups is 1. The molecular formula is C15H20O4. The Morgan fingerprint density at radius 3 is 2.53 bits per heavy atom. The van der Waals surface area contributed by atoms with Crippen LogP contribution in [0.4, 0.5) is 0 Å². The molecule has 19 heavy (non-hydrogen) atoms. The molecule has 1 heterocycles. The predicted molar refractivity (Wildman–Crippen MR) is 72.0 cm³/mol. The first-order valence-corrected chi connectivity index (χ1v) is 6.41. The molecule has 1 saturated heterocycles. The second kappa shape index (κ2) is 5.61. The average molecular weight is 264 g/mol. The van der Waals surface area contributed by atoms with Crippen molar-refractivity contribution in [2.24, 2.45) is 0 Å². The molecule has 0 saturated carbocycles. The maximum absolute atomic E-state index is 11.2. The lowest BCUT2D eigenvalue weighted by Gasteiger charge is -2.42. The molecular weight excluding hydrogens is 244 g/mol. The zero-order chi connectivity index (χ0) is 13.9. The maximum atomic E-state index is 11.2. The number of benzene rings is 1. The first-order chi connectivity index (χ1) is 9.11. The number of rotatable bonds is 6. The highest BCUT2D eigenvalue weighted by Gasteiger charge is 2.42. The molecule has 0 bridgehead atoms. The monoisotopic (exact) mass is 264 g/mol. The summed E-state index contributed by atoms with van der Waals surface area (Å²) in [5.41, 5.74) is 0.952. The highest BCUT2D eigenvalue weighted by atomic mass is 16.5. The molecule has 1 aliphatic heterocycles. The lowest BCUT2D eigenvalue weighted by atomic mass is 9.74. The van der Waals surface area contributed by atoms with E-state index < -0.39 is 0 Å². The Labute approximate surface area is 113 Å². The van der Waals surface area contributed by atoms with Gasteiger partial charge in [0.25, 0.3) is 0 Å². The minimum atomic E-state index is -0.119. The van der Waals surface area contributed by atoms with E-state index in [0.29, 0.717) is 19.6 Å². The van der Waals surface area contributed by atoms with E-state index in [-0.39, 0.29) is 11.2 Å². The van der Waals surface area contributed by atoms with Gasteiger partial charge in [-0.05, 0) is 31.5 Å². The van der Waals surface area contributed by atoms with E-state index in [9.17, 15) is 4.79 Å². The summed E-state index contributed by atoms with van der Waals surface area (Å²) in [6.07, 6.45) is 1.34. The maximum Gasteiger partial charge on any atom is 0.129 e. The molecule has 104 valence electrons. The van der Waals surface area contributed by atoms with Gasteiger partial charge in [-0.15, -0.1) is 0 Å². The number of carbonyl (C=O) groups excluding carboxylic acids is 1. The number of hydrogen-bond donors (Lipinski definition) is 0. The molecule has 0 aromatic heterocycles. The van der Waals surface area contributed by atoms with Gasteiger partial charge in [0.1, 0.15) is 17.3 Å². The summed E-state index contributed by atoms with van der Waals surface area (Å²) in [6.45, 7) is 2.88. The van der Waals surface area contributed by atoms with Crippen molar-refractivity contribution in [1.82, 2.24) is 0 Å². The third kappa shape index (κ3) is 2.73. The predicted octanol–water partition coefficient (Wildman–Crippen LogP) is 2.34. The molecule has 2 rings (SSSR count). The molecule has 4 heteroatoms. The lowest BCUT2D eigenvalue weighted by Crippen LogP contribution is -2.47. The van der Waals surface area contributed by atoms with Crippen molar-refractivity contribution < 1.29 is 19.0 Å². The number of methoxy groups -OCH3 is 2. The van der Waals surface area contributed by atoms with Crippen LogP contribution in [0.1, 0.15) is 25.3 Å². The van der Waals surface area contributed by atoms with Gasteiger partial charge < -0.3 is 19.0 Å². The Kier molecular flexibility index (Phi) is 4.10. The number of ketones is 1. The van der Waals surface area contributed by atoms with Crippen molar-refractivity contribution in [3.63, 3.8) is 0 Å². The van der Waals surface area contributed by atoms with Crippen molar-refractivity contribution in [3.05, 3.63) is 23.8 Å². The normalized spacial score (nSPS) is 16.6. The van der Waals surface area contributed by atoms with Crippen molar-refractivity contribution in [3.8, 4) is 11.5 Å². The van der Waals surface area contributed by atoms with Crippen LogP contribution in [0.15, 0.2) is 18.2 Å². The van der Waals surface area contributed by atoms with Gasteiger partial charge >= 0.3 is 0 Å². The molecule has 0 unspecified atom stereocenters. The first kappa shape index (κ1) is 13.9. The number of Topliss-reactive ketones (excluding diaryl/α,β-unsaturated/α-hetero) is 1. The van der Waals surface area contributed by atoms with Gasteiger partial charge in [-0.2, -0.15) is 0 Å². The van der Waals surface area contributed by atoms with Crippen LogP contribution in [0.2, 0.25) is 0 Å². The molecule has 0 spiro atoms. The summed E-state index contributed by atoms with van der Waals surface area (Å²) in [6, 6.07) is 5.77. The standard InChI is InChI=1S/C15H20O4/c1-11(16)6-7-15(9-19-10-15)13-8-12(17-2)4-5-14(13)18-3/h4-5,8H,6-7,9-10H2,1-3H3. The molecule has 0 aliphatic carbocycles. The van der Waals surface area contributed by atoms with Gasteiger partial charge in [-0.25, -0.2) is 0 Å². The van der Waals surface area contributed by atoms with Gasteiger partial charge in [0.2, 0.25) is 0 Å². The van der Waals surface area contributed by atoms with Crippen LogP contribution in [-0.2, 0) is 14.9 Å². The fourth-order valence-electron chi connectivity index (χ4n) is 2.43. The first-order valence-electron chi connectivity index (χ1n) is 6.41. The van der Waals surface area contributed by atoms with E-state index in [1.807, 2.05) is 18.2 Å². The summed E-state index contributed by atoms with van der Waals surface area (Å²) in [5.74, 6) is 1.82. The van der Waals surface area contributed by atoms with Gasteiger partial charge in [0.15, 0.2) is 0 Å². The second-order valence-corrected chi connectivity index (χ2v) is 5.04. The molecule has 0 N–H and O–H groups in total. The molecule has 0 radical (unpaired) electrons. The van der Waals surface area contributed by atoms with Crippen LogP contribution >= 0.6 is 0 Å². The molecule has 0 amide bonds. The zero-order valence-corrected chi connectivity index (χ0v) is 11.7. The zero-order valence-electron chi connectivity index (χ0n) is 11.7. The van der Waals surface area contributed by atoms with Crippen molar-refractivity contribution in [2.45, 2.75) is 25.2 Å². The van der Waals surface area contributed by atoms with Crippen LogP contribution in [0, 0.1) is 0 Å². The van der Waals surface area contributed by atoms with Crippen molar-refractivity contribution >= 4 is 5.78 Å².